The Bertz CT molecular complexity index is 1190. The molecule has 2 aromatic carbocycles. The van der Waals surface area contributed by atoms with E-state index >= 15 is 0 Å². The predicted octanol–water partition coefficient (Wildman–Crippen LogP) is 3.85. The summed E-state index contributed by atoms with van der Waals surface area (Å²) < 4.78 is 25.6. The number of methoxy groups -OCH3 is 1. The van der Waals surface area contributed by atoms with E-state index in [-0.39, 0.29) is 29.3 Å². The fraction of sp³-hybridized carbons (Fsp3) is 0.375. The van der Waals surface area contributed by atoms with Crippen LogP contribution in [0.25, 0.3) is 10.9 Å². The van der Waals surface area contributed by atoms with Gasteiger partial charge in [0.25, 0.3) is 0 Å². The number of anilines is 2. The van der Waals surface area contributed by atoms with E-state index in [0.29, 0.717) is 29.0 Å². The van der Waals surface area contributed by atoms with Crippen molar-refractivity contribution in [2.24, 2.45) is 0 Å². The van der Waals surface area contributed by atoms with Crippen molar-refractivity contribution in [1.29, 1.82) is 0 Å². The molecule has 10 heteroatoms. The summed E-state index contributed by atoms with van der Waals surface area (Å²) in [5.41, 5.74) is 1.67. The lowest BCUT2D eigenvalue weighted by atomic mass is 10.1. The van der Waals surface area contributed by atoms with Gasteiger partial charge >= 0.3 is 5.97 Å². The number of ether oxygens (including phenoxy) is 2. The Kier molecular flexibility index (Phi) is 7.45. The third-order valence-electron chi connectivity index (χ3n) is 5.73. The number of rotatable bonds is 8. The number of nitrogens with one attached hydrogen (secondary N) is 1. The molecule has 0 saturated carbocycles. The second-order valence-corrected chi connectivity index (χ2v) is 8.87. The molecule has 1 atom stereocenters. The molecular formula is C24H27ClFN5O3. The summed E-state index contributed by atoms with van der Waals surface area (Å²) in [6, 6.07) is 8.40. The SMILES string of the molecule is COc1cc2ncnc(Nc3cccc(Cl)c3F)c2cc1CN(C)CC(=O)OC1CCN(C)C1. The Labute approximate surface area is 202 Å². The van der Waals surface area contributed by atoms with Crippen molar-refractivity contribution < 1.29 is 18.7 Å². The number of carbonyl (C=O) groups excluding carboxylic acids is 1. The molecular weight excluding hydrogens is 461 g/mol. The fourth-order valence-electron chi connectivity index (χ4n) is 4.05. The molecule has 0 aliphatic carbocycles. The number of halogens is 2. The second-order valence-electron chi connectivity index (χ2n) is 8.46. The summed E-state index contributed by atoms with van der Waals surface area (Å²) in [7, 11) is 5.43. The van der Waals surface area contributed by atoms with E-state index in [1.165, 1.54) is 12.4 Å². The van der Waals surface area contributed by atoms with Crippen LogP contribution in [0.4, 0.5) is 15.9 Å². The molecule has 34 heavy (non-hydrogen) atoms. The molecule has 8 nitrogen and oxygen atoms in total. The van der Waals surface area contributed by atoms with Gasteiger partial charge in [0.15, 0.2) is 5.82 Å². The van der Waals surface area contributed by atoms with Gasteiger partial charge in [-0.2, -0.15) is 0 Å². The van der Waals surface area contributed by atoms with E-state index in [0.717, 1.165) is 25.1 Å². The van der Waals surface area contributed by atoms with Gasteiger partial charge in [-0.05, 0) is 38.7 Å². The van der Waals surface area contributed by atoms with E-state index in [9.17, 15) is 9.18 Å². The minimum absolute atomic E-state index is 0.0171. The highest BCUT2D eigenvalue weighted by Crippen LogP contribution is 2.32. The summed E-state index contributed by atoms with van der Waals surface area (Å²) in [4.78, 5) is 25.0. The van der Waals surface area contributed by atoms with Crippen LogP contribution < -0.4 is 10.1 Å². The number of carbonyl (C=O) groups is 1. The van der Waals surface area contributed by atoms with Crippen LogP contribution in [0.15, 0.2) is 36.7 Å². The minimum Gasteiger partial charge on any atom is -0.496 e. The first-order chi connectivity index (χ1) is 16.3. The zero-order chi connectivity index (χ0) is 24.2. The van der Waals surface area contributed by atoms with E-state index in [4.69, 9.17) is 21.1 Å². The zero-order valence-corrected chi connectivity index (χ0v) is 20.1. The number of aromatic nitrogens is 2. The number of nitrogens with zero attached hydrogens (tertiary/aromatic N) is 4. The second kappa shape index (κ2) is 10.5. The molecule has 180 valence electrons. The van der Waals surface area contributed by atoms with Crippen LogP contribution in [0.1, 0.15) is 12.0 Å². The molecule has 3 aromatic rings. The van der Waals surface area contributed by atoms with Crippen LogP contribution in [0.2, 0.25) is 5.02 Å². The molecule has 0 amide bonds. The molecule has 1 saturated heterocycles. The topological polar surface area (TPSA) is 79.8 Å². The zero-order valence-electron chi connectivity index (χ0n) is 19.3. The molecule has 2 heterocycles. The van der Waals surface area contributed by atoms with Crippen molar-refractivity contribution in [2.75, 3.05) is 46.2 Å². The first-order valence-corrected chi connectivity index (χ1v) is 11.3. The average Bonchev–Trinajstić information content (AvgIpc) is 3.20. The van der Waals surface area contributed by atoms with Crippen LogP contribution in [0, 0.1) is 5.82 Å². The Hall–Kier alpha value is -3.01. The fourth-order valence-corrected chi connectivity index (χ4v) is 4.23. The summed E-state index contributed by atoms with van der Waals surface area (Å²) in [5, 5.41) is 3.71. The summed E-state index contributed by atoms with van der Waals surface area (Å²) in [6.07, 6.45) is 2.20. The number of hydrogen-bond acceptors (Lipinski definition) is 8. The number of likely N-dealkylation sites (N-methyl/N-ethyl adjacent to an activating group) is 2. The standard InChI is InChI=1S/C24H27ClFN5O3/c1-30-8-7-16(12-30)34-22(32)13-31(2)11-15-9-17-20(10-21(15)33-3)27-14-28-24(17)29-19-6-4-5-18(25)23(19)26/h4-6,9-10,14,16H,7-8,11-13H2,1-3H3,(H,27,28,29). The molecule has 0 spiro atoms. The Balaban J connectivity index is 1.54. The van der Waals surface area contributed by atoms with Crippen molar-refractivity contribution in [3.63, 3.8) is 0 Å². The van der Waals surface area contributed by atoms with Gasteiger partial charge in [-0.25, -0.2) is 14.4 Å². The molecule has 1 aromatic heterocycles. The van der Waals surface area contributed by atoms with Crippen molar-refractivity contribution >= 4 is 40.0 Å². The van der Waals surface area contributed by atoms with Gasteiger partial charge in [-0.1, -0.05) is 17.7 Å². The third kappa shape index (κ3) is 5.55. The van der Waals surface area contributed by atoms with Crippen molar-refractivity contribution in [2.45, 2.75) is 19.1 Å². The lowest BCUT2D eigenvalue weighted by Crippen LogP contribution is -2.31. The van der Waals surface area contributed by atoms with Crippen molar-refractivity contribution in [3.8, 4) is 5.75 Å². The van der Waals surface area contributed by atoms with E-state index in [1.807, 2.05) is 25.1 Å². The highest BCUT2D eigenvalue weighted by Gasteiger charge is 2.23. The highest BCUT2D eigenvalue weighted by molar-refractivity contribution is 6.31. The Morgan fingerprint density at radius 2 is 2.18 bits per heavy atom. The number of esters is 1. The quantitative estimate of drug-likeness (QED) is 0.480. The van der Waals surface area contributed by atoms with E-state index in [1.54, 1.807) is 25.3 Å². The monoisotopic (exact) mass is 487 g/mol. The minimum atomic E-state index is -0.559. The first kappa shape index (κ1) is 24.1. The van der Waals surface area contributed by atoms with Crippen molar-refractivity contribution in [1.82, 2.24) is 19.8 Å². The molecule has 1 fully saturated rings. The molecule has 0 radical (unpaired) electrons. The van der Waals surface area contributed by atoms with Crippen LogP contribution in [-0.4, -0.2) is 72.7 Å². The number of hydrogen-bond donors (Lipinski definition) is 1. The maximum absolute atomic E-state index is 14.4. The van der Waals surface area contributed by atoms with Gasteiger partial charge in [0.1, 0.15) is 24.0 Å². The molecule has 4 rings (SSSR count). The maximum Gasteiger partial charge on any atom is 0.320 e. The van der Waals surface area contributed by atoms with Gasteiger partial charge in [0.2, 0.25) is 0 Å². The number of likely N-dealkylation sites (tertiary alicyclic amines) is 1. The lowest BCUT2D eigenvalue weighted by molar-refractivity contribution is -0.149. The average molecular weight is 488 g/mol. The van der Waals surface area contributed by atoms with Gasteiger partial charge in [-0.3, -0.25) is 9.69 Å². The smallest absolute Gasteiger partial charge is 0.320 e. The van der Waals surface area contributed by atoms with Crippen LogP contribution in [0.5, 0.6) is 5.75 Å². The van der Waals surface area contributed by atoms with Gasteiger partial charge in [0, 0.05) is 36.7 Å². The maximum atomic E-state index is 14.4. The van der Waals surface area contributed by atoms with Gasteiger partial charge in [0.05, 0.1) is 29.9 Å². The normalized spacial score (nSPS) is 16.2. The molecule has 1 aliphatic heterocycles. The van der Waals surface area contributed by atoms with Gasteiger partial charge in [-0.15, -0.1) is 0 Å². The predicted molar refractivity (Wildman–Crippen MR) is 129 cm³/mol. The van der Waals surface area contributed by atoms with Crippen LogP contribution >= 0.6 is 11.6 Å². The number of benzene rings is 2. The lowest BCUT2D eigenvalue weighted by Gasteiger charge is -2.20. The Morgan fingerprint density at radius 1 is 1.35 bits per heavy atom. The third-order valence-corrected chi connectivity index (χ3v) is 6.02. The summed E-state index contributed by atoms with van der Waals surface area (Å²) >= 11 is 5.91. The van der Waals surface area contributed by atoms with Crippen LogP contribution in [0.3, 0.4) is 0 Å². The summed E-state index contributed by atoms with van der Waals surface area (Å²) in [5.74, 6) is 0.243. The Morgan fingerprint density at radius 3 is 2.91 bits per heavy atom. The van der Waals surface area contributed by atoms with Crippen molar-refractivity contribution in [3.05, 3.63) is 53.1 Å². The molecule has 0 bridgehead atoms. The first-order valence-electron chi connectivity index (χ1n) is 10.9. The molecule has 1 unspecified atom stereocenters. The van der Waals surface area contributed by atoms with Gasteiger partial charge < -0.3 is 19.7 Å². The number of fused-ring (bicyclic) bond motifs is 1. The summed E-state index contributed by atoms with van der Waals surface area (Å²) in [6.45, 7) is 2.26. The molecule has 1 N–H and O–H groups in total. The highest BCUT2D eigenvalue weighted by atomic mass is 35.5. The molecule has 1 aliphatic rings. The largest absolute Gasteiger partial charge is 0.496 e. The van der Waals surface area contributed by atoms with E-state index < -0.39 is 5.82 Å². The van der Waals surface area contributed by atoms with Crippen LogP contribution in [-0.2, 0) is 16.1 Å². The van der Waals surface area contributed by atoms with E-state index in [2.05, 4.69) is 20.2 Å².